The van der Waals surface area contributed by atoms with Crippen molar-refractivity contribution in [3.63, 3.8) is 0 Å². The molecule has 2 unspecified atom stereocenters. The highest BCUT2D eigenvalue weighted by Gasteiger charge is 2.25. The molecular weight excluding hydrogens is 344 g/mol. The zero-order chi connectivity index (χ0) is 18.6. The number of anilines is 1. The van der Waals surface area contributed by atoms with E-state index in [-0.39, 0.29) is 12.1 Å². The SMILES string of the molecule is NC(=NCC1=NC2C=CC=CC2N1)c1ncn(CCN2CCOCC2)c1N. The van der Waals surface area contributed by atoms with Crippen molar-refractivity contribution in [1.29, 1.82) is 0 Å². The lowest BCUT2D eigenvalue weighted by Gasteiger charge is -2.26. The zero-order valence-corrected chi connectivity index (χ0v) is 15.3. The monoisotopic (exact) mass is 370 g/mol. The molecule has 0 bridgehead atoms. The van der Waals surface area contributed by atoms with Crippen LogP contribution >= 0.6 is 0 Å². The van der Waals surface area contributed by atoms with Gasteiger partial charge in [-0.1, -0.05) is 24.3 Å². The molecule has 0 amide bonds. The molecule has 144 valence electrons. The topological polar surface area (TPSA) is 119 Å². The summed E-state index contributed by atoms with van der Waals surface area (Å²) in [7, 11) is 0. The summed E-state index contributed by atoms with van der Waals surface area (Å²) >= 11 is 0. The van der Waals surface area contributed by atoms with E-state index in [1.165, 1.54) is 0 Å². The number of nitrogens with two attached hydrogens (primary N) is 2. The lowest BCUT2D eigenvalue weighted by molar-refractivity contribution is 0.0364. The molecule has 5 N–H and O–H groups in total. The number of fused-ring (bicyclic) bond motifs is 1. The van der Waals surface area contributed by atoms with Crippen molar-refractivity contribution in [3.8, 4) is 0 Å². The minimum atomic E-state index is 0.144. The van der Waals surface area contributed by atoms with Gasteiger partial charge in [-0.15, -0.1) is 0 Å². The Bertz CT molecular complexity index is 787. The molecule has 0 aromatic carbocycles. The molecular formula is C18H26N8O. The van der Waals surface area contributed by atoms with E-state index >= 15 is 0 Å². The molecule has 9 heteroatoms. The van der Waals surface area contributed by atoms with Gasteiger partial charge in [-0.25, -0.2) is 4.98 Å². The molecule has 9 nitrogen and oxygen atoms in total. The van der Waals surface area contributed by atoms with Gasteiger partial charge in [0.15, 0.2) is 0 Å². The highest BCUT2D eigenvalue weighted by atomic mass is 16.5. The van der Waals surface area contributed by atoms with E-state index in [0.717, 1.165) is 45.2 Å². The second-order valence-corrected chi connectivity index (χ2v) is 6.83. The number of hydrogen-bond donors (Lipinski definition) is 3. The van der Waals surface area contributed by atoms with Gasteiger partial charge in [0.25, 0.3) is 0 Å². The summed E-state index contributed by atoms with van der Waals surface area (Å²) < 4.78 is 7.29. The minimum Gasteiger partial charge on any atom is -0.383 e. The van der Waals surface area contributed by atoms with E-state index in [1.807, 2.05) is 16.7 Å². The van der Waals surface area contributed by atoms with Crippen LogP contribution in [0.4, 0.5) is 5.82 Å². The molecule has 3 heterocycles. The number of imidazole rings is 1. The second kappa shape index (κ2) is 7.93. The Morgan fingerprint density at radius 3 is 2.89 bits per heavy atom. The number of amidine groups is 2. The fourth-order valence-electron chi connectivity index (χ4n) is 3.42. The molecule has 1 fully saturated rings. The van der Waals surface area contributed by atoms with Crippen LogP contribution in [0.25, 0.3) is 0 Å². The van der Waals surface area contributed by atoms with Crippen LogP contribution in [0.3, 0.4) is 0 Å². The number of hydrogen-bond acceptors (Lipinski definition) is 7. The van der Waals surface area contributed by atoms with Crippen LogP contribution in [-0.2, 0) is 11.3 Å². The standard InChI is InChI=1S/C18H26N8O/c19-17(21-11-15-23-13-3-1-2-4-14(13)24-15)16-18(20)26(12-22-16)6-5-25-7-9-27-10-8-25/h1-4,12-14H,5-11,20H2,(H2,19,21)(H,23,24). The van der Waals surface area contributed by atoms with Gasteiger partial charge in [0, 0.05) is 26.2 Å². The lowest BCUT2D eigenvalue weighted by Crippen LogP contribution is -2.38. The van der Waals surface area contributed by atoms with Crippen LogP contribution in [0.2, 0.25) is 0 Å². The van der Waals surface area contributed by atoms with Crippen molar-refractivity contribution in [2.45, 2.75) is 18.6 Å². The highest BCUT2D eigenvalue weighted by molar-refractivity contribution is 6.01. The summed E-state index contributed by atoms with van der Waals surface area (Å²) in [4.78, 5) is 15.8. The van der Waals surface area contributed by atoms with Crippen LogP contribution < -0.4 is 16.8 Å². The first kappa shape index (κ1) is 17.7. The smallest absolute Gasteiger partial charge is 0.148 e. The Balaban J connectivity index is 1.35. The fraction of sp³-hybridized carbons (Fsp3) is 0.500. The first-order valence-electron chi connectivity index (χ1n) is 9.30. The number of ether oxygens (including phenoxy) is 1. The molecule has 4 rings (SSSR count). The maximum absolute atomic E-state index is 6.23. The molecule has 2 atom stereocenters. The van der Waals surface area contributed by atoms with E-state index in [2.05, 4.69) is 37.3 Å². The maximum atomic E-state index is 6.23. The Morgan fingerprint density at radius 2 is 2.07 bits per heavy atom. The maximum Gasteiger partial charge on any atom is 0.148 e. The normalized spacial score (nSPS) is 25.3. The van der Waals surface area contributed by atoms with E-state index in [9.17, 15) is 0 Å². The van der Waals surface area contributed by atoms with E-state index < -0.39 is 0 Å². The van der Waals surface area contributed by atoms with E-state index in [4.69, 9.17) is 16.2 Å². The Kier molecular flexibility index (Phi) is 5.21. The van der Waals surface area contributed by atoms with Crippen molar-refractivity contribution in [3.05, 3.63) is 36.3 Å². The number of nitrogens with zero attached hydrogens (tertiary/aromatic N) is 5. The second-order valence-electron chi connectivity index (χ2n) is 6.83. The number of aromatic nitrogens is 2. The minimum absolute atomic E-state index is 0.144. The number of allylic oxidation sites excluding steroid dienone is 2. The summed E-state index contributed by atoms with van der Waals surface area (Å²) in [6.07, 6.45) is 9.93. The fourth-order valence-corrected chi connectivity index (χ4v) is 3.42. The van der Waals surface area contributed by atoms with Gasteiger partial charge < -0.3 is 26.1 Å². The quantitative estimate of drug-likeness (QED) is 0.453. The van der Waals surface area contributed by atoms with Crippen molar-refractivity contribution >= 4 is 17.5 Å². The molecule has 1 aromatic heterocycles. The average molecular weight is 370 g/mol. The molecule has 1 aliphatic carbocycles. The molecule has 2 aliphatic heterocycles. The van der Waals surface area contributed by atoms with Crippen LogP contribution in [0.5, 0.6) is 0 Å². The molecule has 0 spiro atoms. The van der Waals surface area contributed by atoms with Crippen molar-refractivity contribution in [2.75, 3.05) is 45.1 Å². The summed E-state index contributed by atoms with van der Waals surface area (Å²) in [5.74, 6) is 1.71. The Labute approximate surface area is 158 Å². The summed E-state index contributed by atoms with van der Waals surface area (Å²) in [5, 5.41) is 3.35. The summed E-state index contributed by atoms with van der Waals surface area (Å²) in [5.41, 5.74) is 12.9. The molecule has 27 heavy (non-hydrogen) atoms. The third kappa shape index (κ3) is 4.04. The highest BCUT2D eigenvalue weighted by Crippen LogP contribution is 2.15. The molecule has 3 aliphatic rings. The average Bonchev–Trinajstić information content (AvgIpc) is 3.28. The number of nitrogen functional groups attached to an aromatic ring is 1. The predicted octanol–water partition coefficient (Wildman–Crippen LogP) is -0.632. The summed E-state index contributed by atoms with van der Waals surface area (Å²) in [6, 6.07) is 0.358. The first-order chi connectivity index (χ1) is 13.2. The van der Waals surface area contributed by atoms with Gasteiger partial charge in [-0.05, 0) is 0 Å². The van der Waals surface area contributed by atoms with Crippen molar-refractivity contribution < 1.29 is 4.74 Å². The Morgan fingerprint density at radius 1 is 1.26 bits per heavy atom. The van der Waals surface area contributed by atoms with Crippen LogP contribution in [0, 0.1) is 0 Å². The Hall–Kier alpha value is -2.65. The number of morpholine rings is 1. The molecule has 0 radical (unpaired) electrons. The first-order valence-corrected chi connectivity index (χ1v) is 9.30. The van der Waals surface area contributed by atoms with Gasteiger partial charge in [-0.2, -0.15) is 0 Å². The predicted molar refractivity (Wildman–Crippen MR) is 106 cm³/mol. The van der Waals surface area contributed by atoms with Crippen LogP contribution in [0.1, 0.15) is 5.69 Å². The van der Waals surface area contributed by atoms with E-state index in [1.54, 1.807) is 6.33 Å². The van der Waals surface area contributed by atoms with Gasteiger partial charge in [0.05, 0.1) is 38.2 Å². The number of nitrogens with one attached hydrogen (secondary N) is 1. The zero-order valence-electron chi connectivity index (χ0n) is 15.3. The third-order valence-corrected chi connectivity index (χ3v) is 5.02. The van der Waals surface area contributed by atoms with Gasteiger partial charge >= 0.3 is 0 Å². The molecule has 1 aromatic rings. The molecule has 0 saturated carbocycles. The largest absolute Gasteiger partial charge is 0.383 e. The number of rotatable bonds is 6. The van der Waals surface area contributed by atoms with Gasteiger partial charge in [-0.3, -0.25) is 14.9 Å². The van der Waals surface area contributed by atoms with Gasteiger partial charge in [0.2, 0.25) is 0 Å². The van der Waals surface area contributed by atoms with Gasteiger partial charge in [0.1, 0.15) is 23.2 Å². The van der Waals surface area contributed by atoms with E-state index in [0.29, 0.717) is 23.9 Å². The summed E-state index contributed by atoms with van der Waals surface area (Å²) in [6.45, 7) is 5.54. The third-order valence-electron chi connectivity index (χ3n) is 5.02. The molecule has 1 saturated heterocycles. The lowest BCUT2D eigenvalue weighted by atomic mass is 10.1. The van der Waals surface area contributed by atoms with Crippen LogP contribution in [0.15, 0.2) is 40.6 Å². The van der Waals surface area contributed by atoms with Crippen molar-refractivity contribution in [2.24, 2.45) is 15.7 Å². The number of aliphatic imine (C=N–C) groups is 2. The van der Waals surface area contributed by atoms with Crippen molar-refractivity contribution in [1.82, 2.24) is 19.8 Å². The van der Waals surface area contributed by atoms with Crippen LogP contribution in [-0.4, -0.2) is 77.6 Å².